The molecule has 2 aromatic rings. The van der Waals surface area contributed by atoms with Gasteiger partial charge in [-0.25, -0.2) is 4.98 Å². The highest BCUT2D eigenvalue weighted by molar-refractivity contribution is 5.87. The van der Waals surface area contributed by atoms with Gasteiger partial charge in [0.1, 0.15) is 11.9 Å². The Morgan fingerprint density at radius 3 is 2.89 bits per heavy atom. The molecule has 1 aliphatic heterocycles. The van der Waals surface area contributed by atoms with Gasteiger partial charge in [0.2, 0.25) is 17.7 Å². The van der Waals surface area contributed by atoms with Crippen molar-refractivity contribution in [2.24, 2.45) is 0 Å². The Morgan fingerprint density at radius 2 is 2.19 bits per heavy atom. The molecule has 0 aliphatic carbocycles. The summed E-state index contributed by atoms with van der Waals surface area (Å²) >= 11 is 0. The van der Waals surface area contributed by atoms with E-state index in [1.54, 1.807) is 36.3 Å². The van der Waals surface area contributed by atoms with Crippen molar-refractivity contribution < 1.29 is 18.7 Å². The Balaban J connectivity index is 1.69. The third kappa shape index (κ3) is 4.72. The second-order valence-electron chi connectivity index (χ2n) is 6.07. The van der Waals surface area contributed by atoms with E-state index in [1.165, 1.54) is 6.08 Å². The second kappa shape index (κ2) is 8.48. The number of anilines is 2. The van der Waals surface area contributed by atoms with Crippen LogP contribution < -0.4 is 14.8 Å². The maximum absolute atomic E-state index is 14.1. The largest absolute Gasteiger partial charge is 0.497 e. The average molecular weight is 372 g/mol. The molecule has 1 unspecified atom stereocenters. The van der Waals surface area contributed by atoms with Gasteiger partial charge in [-0.3, -0.25) is 4.79 Å². The van der Waals surface area contributed by atoms with E-state index >= 15 is 0 Å². The molecule has 3 rings (SSSR count). The molecule has 7 nitrogen and oxygen atoms in total. The van der Waals surface area contributed by atoms with E-state index in [-0.39, 0.29) is 23.8 Å². The number of likely N-dealkylation sites (tertiary alicyclic amines) is 1. The smallest absolute Gasteiger partial charge is 0.255 e. The number of piperidine rings is 1. The number of carbonyl (C=O) groups excluding carboxylic acids is 1. The quantitative estimate of drug-likeness (QED) is 0.786. The van der Waals surface area contributed by atoms with Crippen LogP contribution in [0.5, 0.6) is 11.6 Å². The van der Waals surface area contributed by atoms with Crippen LogP contribution in [0.25, 0.3) is 0 Å². The van der Waals surface area contributed by atoms with Crippen LogP contribution in [-0.4, -0.2) is 47.1 Å². The number of benzene rings is 1. The first-order valence-corrected chi connectivity index (χ1v) is 8.60. The van der Waals surface area contributed by atoms with Gasteiger partial charge in [-0.05, 0) is 43.2 Å². The SMILES string of the molecule is C=CC(=O)N1CCCC(Oc2nc(Nc3ccc(OC)cc3)ncc2F)C1. The van der Waals surface area contributed by atoms with Gasteiger partial charge in [0, 0.05) is 12.2 Å². The highest BCUT2D eigenvalue weighted by Crippen LogP contribution is 2.23. The number of amides is 1. The number of carbonyl (C=O) groups is 1. The summed E-state index contributed by atoms with van der Waals surface area (Å²) in [6.07, 6.45) is 3.48. The summed E-state index contributed by atoms with van der Waals surface area (Å²) < 4.78 is 24.9. The van der Waals surface area contributed by atoms with E-state index in [0.717, 1.165) is 24.1 Å². The van der Waals surface area contributed by atoms with Gasteiger partial charge in [-0.1, -0.05) is 6.58 Å². The van der Waals surface area contributed by atoms with Crippen molar-refractivity contribution in [3.8, 4) is 11.6 Å². The van der Waals surface area contributed by atoms with Crippen molar-refractivity contribution in [3.63, 3.8) is 0 Å². The lowest BCUT2D eigenvalue weighted by atomic mass is 10.1. The molecular formula is C19H21FN4O3. The summed E-state index contributed by atoms with van der Waals surface area (Å²) in [5, 5.41) is 2.99. The zero-order valence-electron chi connectivity index (χ0n) is 15.0. The Hall–Kier alpha value is -3.16. The van der Waals surface area contributed by atoms with Gasteiger partial charge >= 0.3 is 0 Å². The summed E-state index contributed by atoms with van der Waals surface area (Å²) in [7, 11) is 1.59. The lowest BCUT2D eigenvalue weighted by molar-refractivity contribution is -0.128. The first-order valence-electron chi connectivity index (χ1n) is 8.60. The summed E-state index contributed by atoms with van der Waals surface area (Å²) in [4.78, 5) is 21.5. The number of methoxy groups -OCH3 is 1. The Bertz CT molecular complexity index is 813. The Kier molecular flexibility index (Phi) is 5.85. The van der Waals surface area contributed by atoms with E-state index in [0.29, 0.717) is 19.5 Å². The van der Waals surface area contributed by atoms with E-state index in [4.69, 9.17) is 9.47 Å². The zero-order valence-corrected chi connectivity index (χ0v) is 15.0. The lowest BCUT2D eigenvalue weighted by Crippen LogP contribution is -2.43. The normalized spacial score (nSPS) is 16.5. The fraction of sp³-hybridized carbons (Fsp3) is 0.316. The van der Waals surface area contributed by atoms with E-state index in [2.05, 4.69) is 21.9 Å². The summed E-state index contributed by atoms with van der Waals surface area (Å²) in [6, 6.07) is 7.17. The van der Waals surface area contributed by atoms with Gasteiger partial charge in [0.15, 0.2) is 0 Å². The molecule has 1 N–H and O–H groups in total. The fourth-order valence-corrected chi connectivity index (χ4v) is 2.82. The van der Waals surface area contributed by atoms with E-state index < -0.39 is 5.82 Å². The number of aromatic nitrogens is 2. The average Bonchev–Trinajstić information content (AvgIpc) is 2.70. The number of hydrogen-bond acceptors (Lipinski definition) is 6. The van der Waals surface area contributed by atoms with Crippen LogP contribution in [0.4, 0.5) is 16.0 Å². The molecule has 1 amide bonds. The first-order chi connectivity index (χ1) is 13.1. The molecule has 0 saturated carbocycles. The van der Waals surface area contributed by atoms with Crippen LogP contribution in [0.15, 0.2) is 43.1 Å². The van der Waals surface area contributed by atoms with Crippen LogP contribution in [-0.2, 0) is 4.79 Å². The summed E-state index contributed by atoms with van der Waals surface area (Å²) in [5.74, 6) is -0.0124. The highest BCUT2D eigenvalue weighted by atomic mass is 19.1. The van der Waals surface area contributed by atoms with Crippen LogP contribution in [0.2, 0.25) is 0 Å². The third-order valence-corrected chi connectivity index (χ3v) is 4.20. The molecule has 2 heterocycles. The van der Waals surface area contributed by atoms with Crippen LogP contribution in [0.1, 0.15) is 12.8 Å². The summed E-state index contributed by atoms with van der Waals surface area (Å²) in [6.45, 7) is 4.50. The van der Waals surface area contributed by atoms with Crippen LogP contribution in [0.3, 0.4) is 0 Å². The molecule has 0 radical (unpaired) electrons. The molecule has 0 bridgehead atoms. The number of ether oxygens (including phenoxy) is 2. The van der Waals surface area contributed by atoms with Crippen LogP contribution >= 0.6 is 0 Å². The highest BCUT2D eigenvalue weighted by Gasteiger charge is 2.25. The van der Waals surface area contributed by atoms with Gasteiger partial charge in [-0.15, -0.1) is 0 Å². The van der Waals surface area contributed by atoms with Crippen molar-refractivity contribution in [1.29, 1.82) is 0 Å². The number of nitrogens with one attached hydrogen (secondary N) is 1. The maximum atomic E-state index is 14.1. The minimum absolute atomic E-state index is 0.140. The monoisotopic (exact) mass is 372 g/mol. The van der Waals surface area contributed by atoms with Crippen molar-refractivity contribution in [1.82, 2.24) is 14.9 Å². The van der Waals surface area contributed by atoms with E-state index in [9.17, 15) is 9.18 Å². The first kappa shape index (κ1) is 18.6. The Morgan fingerprint density at radius 1 is 1.41 bits per heavy atom. The zero-order chi connectivity index (χ0) is 19.2. The molecule has 1 fully saturated rings. The molecule has 27 heavy (non-hydrogen) atoms. The minimum Gasteiger partial charge on any atom is -0.497 e. The van der Waals surface area contributed by atoms with Gasteiger partial charge < -0.3 is 19.7 Å². The standard InChI is InChI=1S/C19H21FN4O3/c1-3-17(25)24-10-4-5-15(12-24)27-18-16(20)11-21-19(23-18)22-13-6-8-14(26-2)9-7-13/h3,6-9,11,15H,1,4-5,10,12H2,2H3,(H,21,22,23). The molecule has 1 saturated heterocycles. The van der Waals surface area contributed by atoms with Gasteiger partial charge in [0.05, 0.1) is 19.9 Å². The second-order valence-corrected chi connectivity index (χ2v) is 6.07. The Labute approximate surface area is 156 Å². The lowest BCUT2D eigenvalue weighted by Gasteiger charge is -2.32. The van der Waals surface area contributed by atoms with Gasteiger partial charge in [-0.2, -0.15) is 9.37 Å². The van der Waals surface area contributed by atoms with E-state index in [1.807, 2.05) is 0 Å². The molecule has 1 atom stereocenters. The van der Waals surface area contributed by atoms with Crippen molar-refractivity contribution in [2.45, 2.75) is 18.9 Å². The molecule has 1 aromatic carbocycles. The minimum atomic E-state index is -0.651. The third-order valence-electron chi connectivity index (χ3n) is 4.20. The molecule has 0 spiro atoms. The number of hydrogen-bond donors (Lipinski definition) is 1. The molecular weight excluding hydrogens is 351 g/mol. The van der Waals surface area contributed by atoms with Crippen molar-refractivity contribution in [2.75, 3.05) is 25.5 Å². The molecule has 1 aliphatic rings. The molecule has 142 valence electrons. The number of rotatable bonds is 6. The van der Waals surface area contributed by atoms with Crippen LogP contribution in [0, 0.1) is 5.82 Å². The molecule has 1 aromatic heterocycles. The molecule has 8 heteroatoms. The van der Waals surface area contributed by atoms with Crippen molar-refractivity contribution in [3.05, 3.63) is 48.9 Å². The number of halogens is 1. The topological polar surface area (TPSA) is 76.6 Å². The van der Waals surface area contributed by atoms with Gasteiger partial charge in [0.25, 0.3) is 5.88 Å². The number of nitrogens with zero attached hydrogens (tertiary/aromatic N) is 3. The fourth-order valence-electron chi connectivity index (χ4n) is 2.82. The predicted octanol–water partition coefficient (Wildman–Crippen LogP) is 2.92. The maximum Gasteiger partial charge on any atom is 0.255 e. The van der Waals surface area contributed by atoms with Crippen molar-refractivity contribution >= 4 is 17.5 Å². The summed E-state index contributed by atoms with van der Waals surface area (Å²) in [5.41, 5.74) is 0.730. The predicted molar refractivity (Wildman–Crippen MR) is 98.7 cm³/mol.